The normalized spacial score (nSPS) is 17.0. The number of carbonyl (C=O) groups is 1. The molecule has 7 nitrogen and oxygen atoms in total. The molecule has 2 N–H and O–H groups in total. The van der Waals surface area contributed by atoms with Crippen molar-refractivity contribution in [1.29, 1.82) is 0 Å². The Hall–Kier alpha value is -3.30. The van der Waals surface area contributed by atoms with E-state index in [1.54, 1.807) is 36.9 Å². The van der Waals surface area contributed by atoms with Crippen LogP contribution in [0, 0.1) is 26.6 Å². The molecule has 1 amide bonds. The Morgan fingerprint density at radius 3 is 2.32 bits per heavy atom. The minimum Gasteiger partial charge on any atom is -0.744 e. The van der Waals surface area contributed by atoms with Gasteiger partial charge in [0.05, 0.1) is 16.5 Å². The minimum atomic E-state index is -4.33. The number of aryl methyl sites for hydroxylation is 3. The zero-order chi connectivity index (χ0) is 27.1. The highest BCUT2D eigenvalue weighted by Crippen LogP contribution is 2.39. The Kier molecular flexibility index (Phi) is 7.39. The van der Waals surface area contributed by atoms with Gasteiger partial charge in [-0.15, -0.1) is 0 Å². The number of nitrogen functional groups attached to an aromatic ring is 1. The third kappa shape index (κ3) is 5.67. The summed E-state index contributed by atoms with van der Waals surface area (Å²) in [5, 5.41) is 0. The fraction of sp³-hybridized carbons (Fsp3) is 0.357. The Morgan fingerprint density at radius 1 is 1.11 bits per heavy atom. The maximum absolute atomic E-state index is 14.4. The van der Waals surface area contributed by atoms with Crippen molar-refractivity contribution in [2.24, 2.45) is 0 Å². The minimum absolute atomic E-state index is 0.0589. The fourth-order valence-electron chi connectivity index (χ4n) is 5.19. The number of hydrogen-bond acceptors (Lipinski definition) is 5. The highest BCUT2D eigenvalue weighted by atomic mass is 32.2. The van der Waals surface area contributed by atoms with Crippen LogP contribution in [0.4, 0.5) is 4.39 Å². The zero-order valence-electron chi connectivity index (χ0n) is 21.5. The maximum atomic E-state index is 14.4. The quantitative estimate of drug-likeness (QED) is 0.316. The monoisotopic (exact) mass is 525 g/mol. The van der Waals surface area contributed by atoms with Gasteiger partial charge in [0.2, 0.25) is 17.7 Å². The maximum Gasteiger partial charge on any atom is 0.257 e. The van der Waals surface area contributed by atoms with Crippen LogP contribution in [0.5, 0.6) is 0 Å². The summed E-state index contributed by atoms with van der Waals surface area (Å²) in [6.07, 6.45) is 4.12. The number of nitrogens with zero attached hydrogens (tertiary/aromatic N) is 2. The van der Waals surface area contributed by atoms with Crippen molar-refractivity contribution in [3.63, 3.8) is 0 Å². The van der Waals surface area contributed by atoms with Gasteiger partial charge in [-0.2, -0.15) is 4.39 Å². The molecular weight excluding hydrogens is 493 g/mol. The van der Waals surface area contributed by atoms with E-state index in [-0.39, 0.29) is 22.4 Å². The zero-order valence-corrected chi connectivity index (χ0v) is 22.3. The molecule has 1 aliphatic carbocycles. The third-order valence-corrected chi connectivity index (χ3v) is 8.18. The van der Waals surface area contributed by atoms with Crippen LogP contribution in [-0.4, -0.2) is 30.3 Å². The Balaban J connectivity index is 0.000000209. The molecule has 37 heavy (non-hydrogen) atoms. The lowest BCUT2D eigenvalue weighted by molar-refractivity contribution is -0.648. The summed E-state index contributed by atoms with van der Waals surface area (Å²) in [5.41, 5.74) is 5.38. The largest absolute Gasteiger partial charge is 0.744 e. The van der Waals surface area contributed by atoms with Crippen molar-refractivity contribution in [2.45, 2.75) is 63.8 Å². The van der Waals surface area contributed by atoms with Crippen molar-refractivity contribution in [3.8, 4) is 0 Å². The van der Waals surface area contributed by atoms with Crippen LogP contribution in [0.25, 0.3) is 0 Å². The van der Waals surface area contributed by atoms with Gasteiger partial charge in [-0.05, 0) is 69.2 Å². The van der Waals surface area contributed by atoms with E-state index in [1.165, 1.54) is 16.4 Å². The highest BCUT2D eigenvalue weighted by molar-refractivity contribution is 7.85. The van der Waals surface area contributed by atoms with Crippen molar-refractivity contribution in [1.82, 2.24) is 4.90 Å². The SMILES string of the molecule is C[C@@H]1c2ccccc2CCN1C(=O)c1cc(C2CC2)[n+](N)cc1F.Cc1cc(C)c(S(=O)(=O)[O-])c(C)c1. The number of pyridine rings is 1. The molecule has 2 heterocycles. The Labute approximate surface area is 217 Å². The first kappa shape index (κ1) is 26.8. The van der Waals surface area contributed by atoms with Gasteiger partial charge in [0.25, 0.3) is 5.91 Å². The molecule has 1 saturated carbocycles. The van der Waals surface area contributed by atoms with E-state index < -0.39 is 15.9 Å². The van der Waals surface area contributed by atoms with Gasteiger partial charge in [-0.1, -0.05) is 46.6 Å². The lowest BCUT2D eigenvalue weighted by Gasteiger charge is -2.35. The van der Waals surface area contributed by atoms with Gasteiger partial charge in [-0.25, -0.2) is 14.3 Å². The first-order valence-electron chi connectivity index (χ1n) is 12.3. The molecule has 2 aromatic carbocycles. The van der Waals surface area contributed by atoms with Gasteiger partial charge < -0.3 is 9.45 Å². The van der Waals surface area contributed by atoms with Crippen LogP contribution in [-0.2, 0) is 16.5 Å². The van der Waals surface area contributed by atoms with E-state index >= 15 is 0 Å². The van der Waals surface area contributed by atoms with E-state index in [4.69, 9.17) is 5.84 Å². The summed E-state index contributed by atoms with van der Waals surface area (Å²) < 4.78 is 48.2. The molecule has 196 valence electrons. The lowest BCUT2D eigenvalue weighted by atomic mass is 9.93. The summed E-state index contributed by atoms with van der Waals surface area (Å²) in [5.74, 6) is 5.39. The average Bonchev–Trinajstić information content (AvgIpc) is 3.63. The van der Waals surface area contributed by atoms with E-state index in [0.29, 0.717) is 23.6 Å². The van der Waals surface area contributed by atoms with Gasteiger partial charge in [0, 0.05) is 18.5 Å². The summed E-state index contributed by atoms with van der Waals surface area (Å²) >= 11 is 0. The molecule has 0 saturated heterocycles. The van der Waals surface area contributed by atoms with Gasteiger partial charge in [0.15, 0.2) is 0 Å². The van der Waals surface area contributed by atoms with Gasteiger partial charge in [0.1, 0.15) is 10.1 Å². The molecule has 0 spiro atoms. The van der Waals surface area contributed by atoms with E-state index in [0.717, 1.165) is 36.1 Å². The molecule has 5 rings (SSSR count). The summed E-state index contributed by atoms with van der Waals surface area (Å²) in [7, 11) is -4.33. The van der Waals surface area contributed by atoms with Crippen molar-refractivity contribution in [2.75, 3.05) is 12.4 Å². The molecule has 1 fully saturated rings. The number of aromatic nitrogens is 1. The second-order valence-electron chi connectivity index (χ2n) is 9.95. The fourth-order valence-corrected chi connectivity index (χ4v) is 6.10. The topological polar surface area (TPSA) is 107 Å². The summed E-state index contributed by atoms with van der Waals surface area (Å²) in [6.45, 7) is 7.73. The van der Waals surface area contributed by atoms with Crippen LogP contribution in [0.2, 0.25) is 0 Å². The van der Waals surface area contributed by atoms with Crippen molar-refractivity contribution >= 4 is 16.0 Å². The standard InChI is InChI=1S/C19H20FN3O.C9H12O3S/c1-12-15-5-3-2-4-13(15)8-9-22(12)19(24)16-10-18(14-6-7-14)23(21)11-17(16)20;1-6-4-7(2)9(8(3)5-6)13(10,11)12/h2-5,10-12,14H,6-9H2,1H3,(H-,21,24);4-5H,1-3H3,(H,10,11,12)/t12-;/m1./s1. The molecule has 9 heteroatoms. The van der Waals surface area contributed by atoms with Crippen LogP contribution >= 0.6 is 0 Å². The first-order valence-corrected chi connectivity index (χ1v) is 13.7. The molecule has 0 radical (unpaired) electrons. The van der Waals surface area contributed by atoms with E-state index in [9.17, 15) is 22.2 Å². The predicted octanol–water partition coefficient (Wildman–Crippen LogP) is 3.98. The number of nitrogens with two attached hydrogens (primary N) is 1. The second kappa shape index (κ2) is 10.2. The summed E-state index contributed by atoms with van der Waals surface area (Å²) in [4.78, 5) is 14.7. The van der Waals surface area contributed by atoms with Crippen molar-refractivity contribution < 1.29 is 26.8 Å². The predicted molar refractivity (Wildman–Crippen MR) is 137 cm³/mol. The number of amides is 1. The number of rotatable bonds is 3. The molecule has 1 aliphatic heterocycles. The molecule has 1 aromatic heterocycles. The smallest absolute Gasteiger partial charge is 0.257 e. The van der Waals surface area contributed by atoms with Gasteiger partial charge >= 0.3 is 0 Å². The second-order valence-corrected chi connectivity index (χ2v) is 11.3. The first-order chi connectivity index (χ1) is 17.4. The number of halogens is 1. The molecule has 0 unspecified atom stereocenters. The number of hydrogen-bond donors (Lipinski definition) is 1. The Morgan fingerprint density at radius 2 is 1.73 bits per heavy atom. The molecule has 1 atom stereocenters. The van der Waals surface area contributed by atoms with E-state index in [2.05, 4.69) is 6.07 Å². The number of fused-ring (bicyclic) bond motifs is 1. The molecule has 0 bridgehead atoms. The lowest BCUT2D eigenvalue weighted by Crippen LogP contribution is -2.49. The van der Waals surface area contributed by atoms with E-state index in [1.807, 2.05) is 32.0 Å². The van der Waals surface area contributed by atoms with Gasteiger partial charge in [-0.3, -0.25) is 4.79 Å². The Bertz CT molecular complexity index is 1450. The average molecular weight is 526 g/mol. The molecule has 2 aliphatic rings. The third-order valence-electron chi connectivity index (χ3n) is 7.04. The van der Waals surface area contributed by atoms with Crippen LogP contribution in [0.15, 0.2) is 53.6 Å². The highest BCUT2D eigenvalue weighted by Gasteiger charge is 2.36. The molecular formula is C28H32FN3O4S. The molecule has 3 aromatic rings. The van der Waals surface area contributed by atoms with Crippen LogP contribution in [0.3, 0.4) is 0 Å². The number of carbonyl (C=O) groups excluding carboxylic acids is 1. The number of benzene rings is 2. The summed E-state index contributed by atoms with van der Waals surface area (Å²) in [6, 6.07) is 13.1. The van der Waals surface area contributed by atoms with Crippen LogP contribution < -0.4 is 10.5 Å². The van der Waals surface area contributed by atoms with Crippen LogP contribution in [0.1, 0.15) is 75.6 Å². The van der Waals surface area contributed by atoms with Crippen molar-refractivity contribution in [3.05, 3.63) is 93.6 Å².